The summed E-state index contributed by atoms with van der Waals surface area (Å²) in [6.45, 7) is 3.14. The van der Waals surface area contributed by atoms with Crippen molar-refractivity contribution in [2.45, 2.75) is 25.6 Å². The molecule has 1 amide bonds. The van der Waals surface area contributed by atoms with E-state index in [1.165, 1.54) is 24.1 Å². The first-order valence-corrected chi connectivity index (χ1v) is 9.77. The number of ether oxygens (including phenoxy) is 1. The van der Waals surface area contributed by atoms with E-state index in [9.17, 15) is 22.8 Å². The van der Waals surface area contributed by atoms with Crippen molar-refractivity contribution in [3.05, 3.63) is 72.1 Å². The second-order valence-corrected chi connectivity index (χ2v) is 7.61. The third-order valence-corrected chi connectivity index (χ3v) is 4.79. The summed E-state index contributed by atoms with van der Waals surface area (Å²) in [6, 6.07) is 12.9. The van der Waals surface area contributed by atoms with Crippen molar-refractivity contribution in [3.8, 4) is 0 Å². The molecule has 33 heavy (non-hydrogen) atoms. The molecule has 7 nitrogen and oxygen atoms in total. The summed E-state index contributed by atoms with van der Waals surface area (Å²) < 4.78 is 43.8. The Hall–Kier alpha value is -3.95. The molecule has 10 heteroatoms. The second kappa shape index (κ2) is 8.89. The average molecular weight is 458 g/mol. The number of amides is 1. The number of anilines is 2. The lowest BCUT2D eigenvalue weighted by Crippen LogP contribution is -2.43. The van der Waals surface area contributed by atoms with E-state index in [0.717, 1.165) is 18.3 Å². The number of methoxy groups -OCH3 is 1. The molecular formula is C23H21F3N4O3. The van der Waals surface area contributed by atoms with Crippen molar-refractivity contribution in [2.24, 2.45) is 4.99 Å². The smallest absolute Gasteiger partial charge is 0.416 e. The maximum Gasteiger partial charge on any atom is 0.416 e. The highest BCUT2D eigenvalue weighted by Crippen LogP contribution is 2.31. The number of benzene rings is 2. The van der Waals surface area contributed by atoms with Gasteiger partial charge >= 0.3 is 6.18 Å². The fourth-order valence-electron chi connectivity index (χ4n) is 3.09. The van der Waals surface area contributed by atoms with Gasteiger partial charge in [-0.15, -0.1) is 0 Å². The number of carbonyl (C=O) groups is 2. The minimum Gasteiger partial charge on any atom is -0.491 e. The molecule has 1 aliphatic rings. The SMILES string of the molecule is CO/C(=C/Nc1cccc(C(F)(F)F)c1)C(=O)C(=N)C1=NC(C)(C)C(=O)N1c1ccccc1. The number of allylic oxidation sites excluding steroid dienone is 1. The molecule has 1 heterocycles. The van der Waals surface area contributed by atoms with E-state index in [2.05, 4.69) is 10.3 Å². The highest BCUT2D eigenvalue weighted by molar-refractivity contribution is 6.73. The number of rotatable bonds is 7. The van der Waals surface area contributed by atoms with Crippen LogP contribution in [0.4, 0.5) is 24.5 Å². The van der Waals surface area contributed by atoms with Gasteiger partial charge in [0.15, 0.2) is 11.6 Å². The number of nitrogens with zero attached hydrogens (tertiary/aromatic N) is 2. The zero-order chi connectivity index (χ0) is 24.4. The molecule has 3 rings (SSSR count). The Kier molecular flexibility index (Phi) is 6.39. The largest absolute Gasteiger partial charge is 0.491 e. The fraction of sp³-hybridized carbons (Fsp3) is 0.217. The lowest BCUT2D eigenvalue weighted by Gasteiger charge is -2.21. The number of ketones is 1. The highest BCUT2D eigenvalue weighted by Gasteiger charge is 2.44. The van der Waals surface area contributed by atoms with Crippen LogP contribution in [-0.2, 0) is 20.5 Å². The van der Waals surface area contributed by atoms with Gasteiger partial charge in [0.25, 0.3) is 5.91 Å². The van der Waals surface area contributed by atoms with Crippen LogP contribution in [0.25, 0.3) is 0 Å². The Morgan fingerprint density at radius 3 is 2.42 bits per heavy atom. The number of alkyl halides is 3. The number of aliphatic imine (C=N–C) groups is 1. The fourth-order valence-corrected chi connectivity index (χ4v) is 3.09. The van der Waals surface area contributed by atoms with Crippen LogP contribution in [0.3, 0.4) is 0 Å². The van der Waals surface area contributed by atoms with Crippen molar-refractivity contribution in [1.29, 1.82) is 5.41 Å². The standard InChI is InChI=1S/C23H21F3N4O3/c1-22(2)21(32)30(16-10-5-4-6-11-16)20(29-22)18(27)19(31)17(33-3)13-28-15-9-7-8-14(12-15)23(24,25)26/h4-13,27-28H,1-3H3/b17-13+,27-18?. The number of hydrogen-bond donors (Lipinski definition) is 2. The molecule has 0 aliphatic carbocycles. The average Bonchev–Trinajstić information content (AvgIpc) is 3.02. The van der Waals surface area contributed by atoms with Crippen molar-refractivity contribution >= 4 is 34.6 Å². The number of Topliss-reactive ketones (excluding diaryl/α,β-unsaturated/α-hetero) is 1. The molecule has 0 radical (unpaired) electrons. The van der Waals surface area contributed by atoms with Crippen LogP contribution < -0.4 is 10.2 Å². The van der Waals surface area contributed by atoms with Crippen LogP contribution in [0.2, 0.25) is 0 Å². The third-order valence-electron chi connectivity index (χ3n) is 4.79. The van der Waals surface area contributed by atoms with Gasteiger partial charge in [0.05, 0.1) is 18.4 Å². The lowest BCUT2D eigenvalue weighted by atomic mass is 10.1. The Balaban J connectivity index is 1.88. The molecule has 0 unspecified atom stereocenters. The Morgan fingerprint density at radius 1 is 1.15 bits per heavy atom. The normalized spacial score (nSPS) is 15.8. The number of amidine groups is 1. The Bertz CT molecular complexity index is 1160. The lowest BCUT2D eigenvalue weighted by molar-refractivity contribution is -0.137. The molecule has 2 N–H and O–H groups in total. The maximum absolute atomic E-state index is 12.9. The van der Waals surface area contributed by atoms with Gasteiger partial charge in [-0.05, 0) is 44.2 Å². The van der Waals surface area contributed by atoms with Gasteiger partial charge in [-0.25, -0.2) is 4.99 Å². The summed E-state index contributed by atoms with van der Waals surface area (Å²) in [5, 5.41) is 11.0. The van der Waals surface area contributed by atoms with Crippen LogP contribution in [0, 0.1) is 5.41 Å². The van der Waals surface area contributed by atoms with E-state index < -0.39 is 34.7 Å². The molecule has 0 aromatic heterocycles. The van der Waals surface area contributed by atoms with Gasteiger partial charge in [0, 0.05) is 11.9 Å². The molecule has 1 aliphatic heterocycles. The number of para-hydroxylation sites is 1. The molecule has 0 atom stereocenters. The van der Waals surface area contributed by atoms with Crippen molar-refractivity contribution in [3.63, 3.8) is 0 Å². The Labute approximate surface area is 188 Å². The Morgan fingerprint density at radius 2 is 1.82 bits per heavy atom. The summed E-state index contributed by atoms with van der Waals surface area (Å²) in [5.41, 5.74) is -2.14. The first-order chi connectivity index (χ1) is 15.5. The van der Waals surface area contributed by atoms with Gasteiger partial charge in [-0.3, -0.25) is 19.9 Å². The van der Waals surface area contributed by atoms with E-state index in [1.54, 1.807) is 44.2 Å². The predicted octanol–water partition coefficient (Wildman–Crippen LogP) is 4.42. The molecule has 172 valence electrons. The topological polar surface area (TPSA) is 94.8 Å². The maximum atomic E-state index is 12.9. The highest BCUT2D eigenvalue weighted by atomic mass is 19.4. The number of carbonyl (C=O) groups excluding carboxylic acids is 2. The van der Waals surface area contributed by atoms with E-state index in [-0.39, 0.29) is 17.3 Å². The number of halogens is 3. The molecule has 0 bridgehead atoms. The molecule has 2 aromatic carbocycles. The van der Waals surface area contributed by atoms with E-state index in [1.807, 2.05) is 0 Å². The van der Waals surface area contributed by atoms with Gasteiger partial charge in [0.2, 0.25) is 5.78 Å². The van der Waals surface area contributed by atoms with E-state index in [0.29, 0.717) is 5.69 Å². The van der Waals surface area contributed by atoms with Gasteiger partial charge in [-0.1, -0.05) is 24.3 Å². The number of hydrogen-bond acceptors (Lipinski definition) is 6. The molecule has 0 fully saturated rings. The van der Waals surface area contributed by atoms with Gasteiger partial charge < -0.3 is 10.1 Å². The van der Waals surface area contributed by atoms with E-state index >= 15 is 0 Å². The minimum absolute atomic E-state index is 0.0686. The molecule has 2 aromatic rings. The third kappa shape index (κ3) is 4.94. The van der Waals surface area contributed by atoms with Crippen molar-refractivity contribution < 1.29 is 27.5 Å². The van der Waals surface area contributed by atoms with Gasteiger partial charge in [-0.2, -0.15) is 13.2 Å². The first-order valence-electron chi connectivity index (χ1n) is 9.77. The zero-order valence-corrected chi connectivity index (χ0v) is 18.0. The van der Waals surface area contributed by atoms with Crippen LogP contribution >= 0.6 is 0 Å². The second-order valence-electron chi connectivity index (χ2n) is 7.61. The predicted molar refractivity (Wildman–Crippen MR) is 118 cm³/mol. The monoisotopic (exact) mass is 458 g/mol. The van der Waals surface area contributed by atoms with Gasteiger partial charge in [0.1, 0.15) is 11.3 Å². The van der Waals surface area contributed by atoms with Crippen LogP contribution in [-0.4, -0.2) is 35.9 Å². The minimum atomic E-state index is -4.52. The summed E-state index contributed by atoms with van der Waals surface area (Å²) in [4.78, 5) is 31.3. The summed E-state index contributed by atoms with van der Waals surface area (Å²) in [7, 11) is 1.19. The molecule has 0 saturated heterocycles. The van der Waals surface area contributed by atoms with E-state index in [4.69, 9.17) is 10.1 Å². The quantitative estimate of drug-likeness (QED) is 0.365. The van der Waals surface area contributed by atoms with Crippen LogP contribution in [0.15, 0.2) is 71.5 Å². The summed E-state index contributed by atoms with van der Waals surface area (Å²) in [5.74, 6) is -1.80. The number of nitrogens with one attached hydrogen (secondary N) is 2. The van der Waals surface area contributed by atoms with Crippen molar-refractivity contribution in [1.82, 2.24) is 0 Å². The first kappa shape index (κ1) is 23.7. The van der Waals surface area contributed by atoms with Crippen LogP contribution in [0.5, 0.6) is 0 Å². The van der Waals surface area contributed by atoms with Crippen molar-refractivity contribution in [2.75, 3.05) is 17.3 Å². The summed E-state index contributed by atoms with van der Waals surface area (Å²) >= 11 is 0. The van der Waals surface area contributed by atoms with Crippen LogP contribution in [0.1, 0.15) is 19.4 Å². The molecular weight excluding hydrogens is 437 g/mol. The summed E-state index contributed by atoms with van der Waals surface area (Å²) in [6.07, 6.45) is -3.47. The zero-order valence-electron chi connectivity index (χ0n) is 18.0. The molecule has 0 spiro atoms. The molecule has 0 saturated carbocycles.